The van der Waals surface area contributed by atoms with E-state index in [9.17, 15) is 14.0 Å². The summed E-state index contributed by atoms with van der Waals surface area (Å²) in [6.45, 7) is 2.81. The summed E-state index contributed by atoms with van der Waals surface area (Å²) in [7, 11) is 0. The topological polar surface area (TPSA) is 62.3 Å². The quantitative estimate of drug-likeness (QED) is 0.810. The zero-order valence-electron chi connectivity index (χ0n) is 10.7. The standard InChI is InChI=1S/C13H16FN3O2/c1-9(18)17-7-5-10(6-8-17)15-13(19)11-3-2-4-12(14)16-11/h2-4,10H,5-8H2,1H3,(H,15,19). The van der Waals surface area contributed by atoms with Crippen molar-refractivity contribution in [3.05, 3.63) is 29.8 Å². The van der Waals surface area contributed by atoms with Crippen LogP contribution in [0.15, 0.2) is 18.2 Å². The first kappa shape index (κ1) is 13.5. The van der Waals surface area contributed by atoms with Gasteiger partial charge in [-0.25, -0.2) is 4.98 Å². The maximum absolute atomic E-state index is 12.9. The second-order valence-electron chi connectivity index (χ2n) is 4.60. The highest BCUT2D eigenvalue weighted by Crippen LogP contribution is 2.11. The van der Waals surface area contributed by atoms with E-state index >= 15 is 0 Å². The number of pyridine rings is 1. The molecule has 2 amide bonds. The van der Waals surface area contributed by atoms with Gasteiger partial charge >= 0.3 is 0 Å². The van der Waals surface area contributed by atoms with Gasteiger partial charge in [-0.15, -0.1) is 0 Å². The Balaban J connectivity index is 1.89. The van der Waals surface area contributed by atoms with Crippen molar-refractivity contribution < 1.29 is 14.0 Å². The van der Waals surface area contributed by atoms with Crippen LogP contribution in [0, 0.1) is 5.95 Å². The van der Waals surface area contributed by atoms with Gasteiger partial charge in [0.15, 0.2) is 0 Å². The van der Waals surface area contributed by atoms with E-state index < -0.39 is 5.95 Å². The number of likely N-dealkylation sites (tertiary alicyclic amines) is 1. The Bertz CT molecular complexity index is 485. The van der Waals surface area contributed by atoms with Crippen LogP contribution in [0.3, 0.4) is 0 Å². The molecule has 1 N–H and O–H groups in total. The third kappa shape index (κ3) is 3.49. The van der Waals surface area contributed by atoms with Crippen molar-refractivity contribution in [2.45, 2.75) is 25.8 Å². The van der Waals surface area contributed by atoms with Gasteiger partial charge in [-0.2, -0.15) is 4.39 Å². The lowest BCUT2D eigenvalue weighted by atomic mass is 10.0. The normalized spacial score (nSPS) is 16.2. The third-order valence-electron chi connectivity index (χ3n) is 3.22. The van der Waals surface area contributed by atoms with Crippen molar-refractivity contribution in [3.8, 4) is 0 Å². The van der Waals surface area contributed by atoms with Crippen LogP contribution in [-0.2, 0) is 4.79 Å². The van der Waals surface area contributed by atoms with E-state index in [2.05, 4.69) is 10.3 Å². The van der Waals surface area contributed by atoms with Crippen molar-refractivity contribution >= 4 is 11.8 Å². The Morgan fingerprint density at radius 1 is 1.37 bits per heavy atom. The molecule has 1 saturated heterocycles. The fourth-order valence-electron chi connectivity index (χ4n) is 2.13. The molecule has 0 aliphatic carbocycles. The van der Waals surface area contributed by atoms with Gasteiger partial charge in [-0.1, -0.05) is 6.07 Å². The minimum Gasteiger partial charge on any atom is -0.348 e. The lowest BCUT2D eigenvalue weighted by Crippen LogP contribution is -2.46. The van der Waals surface area contributed by atoms with Gasteiger partial charge in [0.1, 0.15) is 5.69 Å². The lowest BCUT2D eigenvalue weighted by molar-refractivity contribution is -0.129. The van der Waals surface area contributed by atoms with E-state index in [0.717, 1.165) is 0 Å². The smallest absolute Gasteiger partial charge is 0.270 e. The molecule has 2 rings (SSSR count). The van der Waals surface area contributed by atoms with Gasteiger partial charge in [0.2, 0.25) is 11.9 Å². The highest BCUT2D eigenvalue weighted by Gasteiger charge is 2.22. The van der Waals surface area contributed by atoms with E-state index in [4.69, 9.17) is 0 Å². The fourth-order valence-corrected chi connectivity index (χ4v) is 2.13. The SMILES string of the molecule is CC(=O)N1CCC(NC(=O)c2cccc(F)n2)CC1. The van der Waals surface area contributed by atoms with Crippen molar-refractivity contribution in [2.75, 3.05) is 13.1 Å². The summed E-state index contributed by atoms with van der Waals surface area (Å²) in [5.74, 6) is -0.989. The highest BCUT2D eigenvalue weighted by molar-refractivity contribution is 5.92. The van der Waals surface area contributed by atoms with E-state index in [1.807, 2.05) is 0 Å². The number of rotatable bonds is 2. The van der Waals surface area contributed by atoms with Gasteiger partial charge in [0, 0.05) is 26.1 Å². The second-order valence-corrected chi connectivity index (χ2v) is 4.60. The molecule has 0 aromatic carbocycles. The first-order valence-corrected chi connectivity index (χ1v) is 6.25. The van der Waals surface area contributed by atoms with Gasteiger partial charge < -0.3 is 10.2 Å². The number of nitrogens with one attached hydrogen (secondary N) is 1. The molecule has 102 valence electrons. The molecular weight excluding hydrogens is 249 g/mol. The molecule has 1 aromatic heterocycles. The molecule has 1 aromatic rings. The second kappa shape index (κ2) is 5.77. The van der Waals surface area contributed by atoms with Gasteiger partial charge in [-0.05, 0) is 25.0 Å². The van der Waals surface area contributed by atoms with Crippen LogP contribution in [0.1, 0.15) is 30.3 Å². The summed E-state index contributed by atoms with van der Waals surface area (Å²) in [5, 5.41) is 2.82. The predicted octanol–water partition coefficient (Wildman–Crippen LogP) is 0.961. The monoisotopic (exact) mass is 265 g/mol. The van der Waals surface area contributed by atoms with Crippen LogP contribution < -0.4 is 5.32 Å². The summed E-state index contributed by atoms with van der Waals surface area (Å²) >= 11 is 0. The average Bonchev–Trinajstić information content (AvgIpc) is 2.39. The average molecular weight is 265 g/mol. The number of aromatic nitrogens is 1. The molecule has 1 aliphatic heterocycles. The van der Waals surface area contributed by atoms with Crippen molar-refractivity contribution in [1.29, 1.82) is 0 Å². The molecule has 5 nitrogen and oxygen atoms in total. The van der Waals surface area contributed by atoms with Crippen LogP contribution in [-0.4, -0.2) is 40.8 Å². The van der Waals surface area contributed by atoms with E-state index in [1.165, 1.54) is 25.1 Å². The molecular formula is C13H16FN3O2. The molecule has 0 bridgehead atoms. The molecule has 0 atom stereocenters. The summed E-state index contributed by atoms with van der Waals surface area (Å²) < 4.78 is 12.9. The molecule has 0 radical (unpaired) electrons. The number of carbonyl (C=O) groups excluding carboxylic acids is 2. The Morgan fingerprint density at radius 3 is 2.63 bits per heavy atom. The molecule has 2 heterocycles. The fraction of sp³-hybridized carbons (Fsp3) is 0.462. The van der Waals surface area contributed by atoms with Crippen molar-refractivity contribution in [2.24, 2.45) is 0 Å². The molecule has 0 saturated carbocycles. The number of carbonyl (C=O) groups is 2. The van der Waals surface area contributed by atoms with E-state index in [1.54, 1.807) is 4.90 Å². The third-order valence-corrected chi connectivity index (χ3v) is 3.22. The first-order valence-electron chi connectivity index (χ1n) is 6.25. The largest absolute Gasteiger partial charge is 0.348 e. The summed E-state index contributed by atoms with van der Waals surface area (Å²) in [5.41, 5.74) is 0.0778. The van der Waals surface area contributed by atoms with Gasteiger partial charge in [0.25, 0.3) is 5.91 Å². The minimum atomic E-state index is -0.668. The number of nitrogens with zero attached hydrogens (tertiary/aromatic N) is 2. The number of hydrogen-bond acceptors (Lipinski definition) is 3. The highest BCUT2D eigenvalue weighted by atomic mass is 19.1. The van der Waals surface area contributed by atoms with Crippen LogP contribution >= 0.6 is 0 Å². The number of hydrogen-bond donors (Lipinski definition) is 1. The van der Waals surface area contributed by atoms with Crippen LogP contribution in [0.2, 0.25) is 0 Å². The zero-order chi connectivity index (χ0) is 13.8. The van der Waals surface area contributed by atoms with E-state index in [-0.39, 0.29) is 23.6 Å². The van der Waals surface area contributed by atoms with E-state index in [0.29, 0.717) is 25.9 Å². The van der Waals surface area contributed by atoms with Crippen LogP contribution in [0.5, 0.6) is 0 Å². The molecule has 0 spiro atoms. The summed E-state index contributed by atoms with van der Waals surface area (Å²) in [4.78, 5) is 28.3. The number of halogens is 1. The molecule has 1 aliphatic rings. The van der Waals surface area contributed by atoms with Crippen LogP contribution in [0.25, 0.3) is 0 Å². The Kier molecular flexibility index (Phi) is 4.09. The minimum absolute atomic E-state index is 0.00756. The molecule has 0 unspecified atom stereocenters. The predicted molar refractivity (Wildman–Crippen MR) is 66.9 cm³/mol. The Labute approximate surface area is 110 Å². The number of amides is 2. The van der Waals surface area contributed by atoms with Crippen LogP contribution in [0.4, 0.5) is 4.39 Å². The first-order chi connectivity index (χ1) is 9.06. The van der Waals surface area contributed by atoms with Gasteiger partial charge in [0.05, 0.1) is 0 Å². The van der Waals surface area contributed by atoms with Crippen molar-refractivity contribution in [1.82, 2.24) is 15.2 Å². The molecule has 1 fully saturated rings. The zero-order valence-corrected chi connectivity index (χ0v) is 10.7. The van der Waals surface area contributed by atoms with Crippen molar-refractivity contribution in [3.63, 3.8) is 0 Å². The molecule has 19 heavy (non-hydrogen) atoms. The maximum Gasteiger partial charge on any atom is 0.270 e. The number of piperidine rings is 1. The Hall–Kier alpha value is -1.98. The summed E-state index contributed by atoms with van der Waals surface area (Å²) in [6, 6.07) is 4.13. The summed E-state index contributed by atoms with van der Waals surface area (Å²) in [6.07, 6.45) is 1.42. The maximum atomic E-state index is 12.9. The molecule has 6 heteroatoms. The van der Waals surface area contributed by atoms with Gasteiger partial charge in [-0.3, -0.25) is 9.59 Å². The Morgan fingerprint density at radius 2 is 2.05 bits per heavy atom. The lowest BCUT2D eigenvalue weighted by Gasteiger charge is -2.31.